The van der Waals surface area contributed by atoms with E-state index in [9.17, 15) is 4.79 Å². The van der Waals surface area contributed by atoms with Gasteiger partial charge in [-0.1, -0.05) is 60.7 Å². The minimum atomic E-state index is -0.271. The van der Waals surface area contributed by atoms with Crippen molar-refractivity contribution >= 4 is 63.9 Å². The van der Waals surface area contributed by atoms with Crippen molar-refractivity contribution in [2.45, 2.75) is 13.0 Å². The third kappa shape index (κ3) is 4.59. The van der Waals surface area contributed by atoms with Crippen LogP contribution in [0.1, 0.15) is 6.92 Å². The molecule has 184 valence electrons. The number of hydrogen-bond acceptors (Lipinski definition) is 4. The SMILES string of the molecule is CC(COc1cccc2c1ccc1o[pH]oc3ccc4ccccc4c3c12)NC(=O)Nc1ccccc1. The fourth-order valence-electron chi connectivity index (χ4n) is 4.65. The Bertz CT molecular complexity index is 1780. The van der Waals surface area contributed by atoms with Crippen molar-refractivity contribution < 1.29 is 17.9 Å². The number of carbonyl (C=O) groups excluding carboxylic acids is 1. The molecule has 2 unspecified atom stereocenters. The Morgan fingerprint density at radius 1 is 0.784 bits per heavy atom. The van der Waals surface area contributed by atoms with Crippen LogP contribution in [0.2, 0.25) is 0 Å². The number of para-hydroxylation sites is 1. The Hall–Kier alpha value is -4.41. The molecule has 0 saturated heterocycles. The molecule has 0 bridgehead atoms. The molecule has 0 aliphatic heterocycles. The van der Waals surface area contributed by atoms with Gasteiger partial charge in [0.05, 0.1) is 6.04 Å². The van der Waals surface area contributed by atoms with Crippen LogP contribution in [0.3, 0.4) is 0 Å². The predicted octanol–water partition coefficient (Wildman–Crippen LogP) is 8.23. The molecule has 0 aliphatic carbocycles. The maximum atomic E-state index is 12.4. The average Bonchev–Trinajstić information content (AvgIpc) is 3.12. The Balaban J connectivity index is 1.35. The lowest BCUT2D eigenvalue weighted by atomic mass is 9.98. The van der Waals surface area contributed by atoms with Crippen LogP contribution in [0.15, 0.2) is 105 Å². The van der Waals surface area contributed by atoms with Gasteiger partial charge in [-0.05, 0) is 59.5 Å². The minimum absolute atomic E-state index is 0.126. The molecule has 7 heteroatoms. The summed E-state index contributed by atoms with van der Waals surface area (Å²) in [5, 5.41) is 12.0. The number of urea groups is 1. The van der Waals surface area contributed by atoms with E-state index in [1.807, 2.05) is 79.7 Å². The second kappa shape index (κ2) is 9.92. The van der Waals surface area contributed by atoms with Crippen LogP contribution in [0.25, 0.3) is 43.5 Å². The molecular weight excluding hydrogens is 483 g/mol. The normalized spacial score (nSPS) is 12.2. The lowest BCUT2D eigenvalue weighted by Gasteiger charge is -2.17. The predicted molar refractivity (Wildman–Crippen MR) is 152 cm³/mol. The van der Waals surface area contributed by atoms with Crippen molar-refractivity contribution in [2.75, 3.05) is 11.9 Å². The molecule has 2 atom stereocenters. The topological polar surface area (TPSA) is 76.6 Å². The number of fused-ring (bicyclic) bond motifs is 7. The summed E-state index contributed by atoms with van der Waals surface area (Å²) >= 11 is 0. The van der Waals surface area contributed by atoms with Gasteiger partial charge < -0.3 is 23.8 Å². The van der Waals surface area contributed by atoms with E-state index in [1.165, 1.54) is 0 Å². The van der Waals surface area contributed by atoms with Crippen molar-refractivity contribution in [3.8, 4) is 5.75 Å². The highest BCUT2D eigenvalue weighted by Crippen LogP contribution is 2.39. The van der Waals surface area contributed by atoms with Gasteiger partial charge >= 0.3 is 6.03 Å². The molecule has 6 aromatic rings. The molecule has 6 nitrogen and oxygen atoms in total. The molecule has 37 heavy (non-hydrogen) atoms. The number of carbonyl (C=O) groups is 1. The second-order valence-corrected chi connectivity index (χ2v) is 9.49. The molecule has 0 spiro atoms. The van der Waals surface area contributed by atoms with Crippen LogP contribution in [0.5, 0.6) is 5.75 Å². The van der Waals surface area contributed by atoms with Gasteiger partial charge in [0.25, 0.3) is 0 Å². The first-order chi connectivity index (χ1) is 18.2. The summed E-state index contributed by atoms with van der Waals surface area (Å²) in [6, 6.07) is 31.3. The molecule has 6 rings (SSSR count). The number of benzene rings is 5. The highest BCUT2D eigenvalue weighted by atomic mass is 31.1. The van der Waals surface area contributed by atoms with Gasteiger partial charge in [-0.25, -0.2) is 4.79 Å². The summed E-state index contributed by atoms with van der Waals surface area (Å²) < 4.78 is 18.3. The molecule has 0 aliphatic rings. The highest BCUT2D eigenvalue weighted by molar-refractivity contribution is 7.15. The van der Waals surface area contributed by atoms with Crippen LogP contribution in [0.4, 0.5) is 10.5 Å². The molecule has 0 fully saturated rings. The first kappa shape index (κ1) is 23.0. The number of hydrogen-bond donors (Lipinski definition) is 2. The minimum Gasteiger partial charge on any atom is -0.491 e. The van der Waals surface area contributed by atoms with E-state index in [4.69, 9.17) is 13.1 Å². The van der Waals surface area contributed by atoms with Crippen molar-refractivity contribution in [2.24, 2.45) is 0 Å². The maximum absolute atomic E-state index is 12.4. The van der Waals surface area contributed by atoms with Crippen molar-refractivity contribution in [3.63, 3.8) is 0 Å². The number of ether oxygens (including phenoxy) is 1. The van der Waals surface area contributed by atoms with Crippen LogP contribution >= 0.6 is 8.67 Å². The molecule has 0 saturated carbocycles. The van der Waals surface area contributed by atoms with Gasteiger partial charge in [0.2, 0.25) is 8.67 Å². The first-order valence-electron chi connectivity index (χ1n) is 12.1. The van der Waals surface area contributed by atoms with E-state index >= 15 is 0 Å². The van der Waals surface area contributed by atoms with Crippen molar-refractivity contribution in [3.05, 3.63) is 97.1 Å². The van der Waals surface area contributed by atoms with Crippen LogP contribution in [-0.4, -0.2) is 18.7 Å². The zero-order chi connectivity index (χ0) is 25.2. The monoisotopic (exact) mass is 508 g/mol. The molecule has 1 aromatic heterocycles. The number of amides is 2. The summed E-state index contributed by atoms with van der Waals surface area (Å²) in [6.07, 6.45) is 0. The van der Waals surface area contributed by atoms with Crippen LogP contribution < -0.4 is 15.4 Å². The van der Waals surface area contributed by atoms with Gasteiger partial charge in [-0.2, -0.15) is 0 Å². The van der Waals surface area contributed by atoms with E-state index in [1.54, 1.807) is 0 Å². The summed E-state index contributed by atoms with van der Waals surface area (Å²) in [5.74, 6) is 0.742. The highest BCUT2D eigenvalue weighted by Gasteiger charge is 2.14. The van der Waals surface area contributed by atoms with Gasteiger partial charge in [0.15, 0.2) is 0 Å². The van der Waals surface area contributed by atoms with E-state index in [-0.39, 0.29) is 20.7 Å². The Labute approximate surface area is 214 Å². The fraction of sp³-hybridized carbons (Fsp3) is 0.100. The zero-order valence-corrected chi connectivity index (χ0v) is 21.2. The second-order valence-electron chi connectivity index (χ2n) is 8.91. The quantitative estimate of drug-likeness (QED) is 0.246. The summed E-state index contributed by atoms with van der Waals surface area (Å²) in [4.78, 5) is 12.4. The fourth-order valence-corrected chi connectivity index (χ4v) is 5.21. The number of rotatable bonds is 5. The van der Waals surface area contributed by atoms with Crippen LogP contribution in [-0.2, 0) is 0 Å². The zero-order valence-electron chi connectivity index (χ0n) is 20.2. The van der Waals surface area contributed by atoms with Crippen molar-refractivity contribution in [1.82, 2.24) is 5.32 Å². The smallest absolute Gasteiger partial charge is 0.319 e. The molecule has 2 N–H and O–H groups in total. The largest absolute Gasteiger partial charge is 0.491 e. The van der Waals surface area contributed by atoms with Gasteiger partial charge in [0.1, 0.15) is 23.5 Å². The molecular formula is C30H25N2O4P. The van der Waals surface area contributed by atoms with Crippen LogP contribution in [0, 0.1) is 0 Å². The Morgan fingerprint density at radius 2 is 1.49 bits per heavy atom. The number of anilines is 1. The Morgan fingerprint density at radius 3 is 2.32 bits per heavy atom. The summed E-state index contributed by atoms with van der Waals surface area (Å²) in [5.41, 5.74) is 2.32. The lowest BCUT2D eigenvalue weighted by Crippen LogP contribution is -2.39. The number of nitrogens with one attached hydrogen (secondary N) is 2. The average molecular weight is 509 g/mol. The van der Waals surface area contributed by atoms with Crippen molar-refractivity contribution in [1.29, 1.82) is 0 Å². The van der Waals surface area contributed by atoms with Gasteiger partial charge in [-0.3, -0.25) is 0 Å². The molecule has 0 radical (unpaired) electrons. The standard InChI is InChI=1S/C30H25N2O4P/c1-19(31-30(33)32-21-9-3-2-4-10-21)18-34-25-13-7-12-24-23(25)15-17-27-29(24)28-22-11-6-5-8-20(22)14-16-26(28)35-37-36-27/h2-17,19,37H,18H2,1H3,(H2,31,32,33). The molecule has 2 amide bonds. The molecule has 1 heterocycles. The maximum Gasteiger partial charge on any atom is 0.319 e. The summed E-state index contributed by atoms with van der Waals surface area (Å²) in [6.45, 7) is 2.23. The summed E-state index contributed by atoms with van der Waals surface area (Å²) in [7, 11) is -0.126. The van der Waals surface area contributed by atoms with Gasteiger partial charge in [-0.15, -0.1) is 0 Å². The van der Waals surface area contributed by atoms with E-state index in [0.29, 0.717) is 6.61 Å². The Kier molecular flexibility index (Phi) is 6.17. The first-order valence-corrected chi connectivity index (χ1v) is 12.9. The third-order valence-electron chi connectivity index (χ3n) is 6.33. The van der Waals surface area contributed by atoms with E-state index in [2.05, 4.69) is 34.9 Å². The third-order valence-corrected chi connectivity index (χ3v) is 6.93. The van der Waals surface area contributed by atoms with Gasteiger partial charge in [0, 0.05) is 21.8 Å². The lowest BCUT2D eigenvalue weighted by molar-refractivity contribution is 0.237. The van der Waals surface area contributed by atoms with E-state index in [0.717, 1.165) is 54.9 Å². The van der Waals surface area contributed by atoms with E-state index < -0.39 is 0 Å². The molecule has 5 aromatic carbocycles.